The molecule has 30 heavy (non-hydrogen) atoms. The number of nitrogens with one attached hydrogen (secondary N) is 3. The van der Waals surface area contributed by atoms with Gasteiger partial charge in [-0.1, -0.05) is 6.07 Å². The fourth-order valence-corrected chi connectivity index (χ4v) is 2.51. The lowest BCUT2D eigenvalue weighted by atomic mass is 10.1. The molecular weight excluding hydrogens is 499 g/mol. The first kappa shape index (κ1) is 28.1. The Labute approximate surface area is 197 Å². The van der Waals surface area contributed by atoms with Crippen LogP contribution in [0.15, 0.2) is 23.2 Å². The molecule has 0 aliphatic heterocycles. The number of nitrogens with zero attached hydrogens (tertiary/aromatic N) is 1. The largest absolute Gasteiger partial charge is 0.493 e. The van der Waals surface area contributed by atoms with Gasteiger partial charge in [0.1, 0.15) is 5.60 Å². The van der Waals surface area contributed by atoms with E-state index in [-0.39, 0.29) is 24.0 Å². The van der Waals surface area contributed by atoms with Crippen molar-refractivity contribution in [3.8, 4) is 11.5 Å². The number of rotatable bonds is 10. The van der Waals surface area contributed by atoms with E-state index in [0.717, 1.165) is 36.8 Å². The summed E-state index contributed by atoms with van der Waals surface area (Å²) in [5.74, 6) is 2.19. The Morgan fingerprint density at radius 3 is 2.30 bits per heavy atom. The molecule has 8 nitrogen and oxygen atoms in total. The Morgan fingerprint density at radius 1 is 1.03 bits per heavy atom. The highest BCUT2D eigenvalue weighted by atomic mass is 127. The van der Waals surface area contributed by atoms with Gasteiger partial charge in [0.25, 0.3) is 0 Å². The number of aryl methyl sites for hydroxylation is 1. The quantitative estimate of drug-likeness (QED) is 0.184. The molecule has 0 aliphatic rings. The molecule has 0 unspecified atom stereocenters. The summed E-state index contributed by atoms with van der Waals surface area (Å²) in [5.41, 5.74) is 0.680. The molecule has 3 N–H and O–H groups in total. The number of benzene rings is 1. The molecule has 0 heterocycles. The topological polar surface area (TPSA) is 93.2 Å². The first-order valence-corrected chi connectivity index (χ1v) is 9.99. The van der Waals surface area contributed by atoms with Crippen LogP contribution in [-0.2, 0) is 11.2 Å². The maximum absolute atomic E-state index is 11.6. The third-order valence-corrected chi connectivity index (χ3v) is 3.77. The number of amides is 1. The van der Waals surface area contributed by atoms with Gasteiger partial charge in [-0.3, -0.25) is 4.99 Å². The highest BCUT2D eigenvalue weighted by Gasteiger charge is 2.15. The monoisotopic (exact) mass is 536 g/mol. The van der Waals surface area contributed by atoms with E-state index in [2.05, 4.69) is 20.9 Å². The van der Waals surface area contributed by atoms with E-state index in [1.165, 1.54) is 5.56 Å². The lowest BCUT2D eigenvalue weighted by molar-refractivity contribution is 0.0529. The third kappa shape index (κ3) is 11.9. The Bertz CT molecular complexity index is 663. The molecule has 0 saturated heterocycles. The second-order valence-corrected chi connectivity index (χ2v) is 7.41. The van der Waals surface area contributed by atoms with Gasteiger partial charge in [0.05, 0.1) is 14.2 Å². The van der Waals surface area contributed by atoms with Crippen molar-refractivity contribution < 1.29 is 19.0 Å². The standard InChI is InChI=1S/C21H36N4O4.HI/c1-7-22-19(24-13-14-25-20(26)29-21(2,3)4)23-12-8-9-16-10-11-17(27-5)18(15-16)28-6;/h10-11,15H,7-9,12-14H2,1-6H3,(H,25,26)(H2,22,23,24);1H. The summed E-state index contributed by atoms with van der Waals surface area (Å²) >= 11 is 0. The van der Waals surface area contributed by atoms with Gasteiger partial charge in [-0.25, -0.2) is 4.79 Å². The molecule has 172 valence electrons. The second-order valence-electron chi connectivity index (χ2n) is 7.41. The Kier molecular flexibility index (Phi) is 14.0. The van der Waals surface area contributed by atoms with Crippen molar-refractivity contribution in [2.24, 2.45) is 4.99 Å². The van der Waals surface area contributed by atoms with Crippen molar-refractivity contribution in [2.45, 2.75) is 46.1 Å². The van der Waals surface area contributed by atoms with E-state index >= 15 is 0 Å². The van der Waals surface area contributed by atoms with E-state index in [9.17, 15) is 4.79 Å². The van der Waals surface area contributed by atoms with Crippen molar-refractivity contribution in [3.05, 3.63) is 23.8 Å². The molecule has 0 fully saturated rings. The minimum absolute atomic E-state index is 0. The van der Waals surface area contributed by atoms with Gasteiger partial charge < -0.3 is 30.2 Å². The van der Waals surface area contributed by atoms with Crippen LogP contribution >= 0.6 is 24.0 Å². The minimum Gasteiger partial charge on any atom is -0.493 e. The van der Waals surface area contributed by atoms with Crippen LogP contribution in [0.2, 0.25) is 0 Å². The summed E-state index contributed by atoms with van der Waals surface area (Å²) in [7, 11) is 3.27. The number of alkyl carbamates (subject to hydrolysis) is 1. The molecule has 1 aromatic rings. The van der Waals surface area contributed by atoms with Crippen molar-refractivity contribution >= 4 is 36.0 Å². The number of carbonyl (C=O) groups is 1. The molecule has 0 spiro atoms. The van der Waals surface area contributed by atoms with Crippen molar-refractivity contribution in [3.63, 3.8) is 0 Å². The van der Waals surface area contributed by atoms with Crippen LogP contribution in [0.4, 0.5) is 4.79 Å². The fourth-order valence-electron chi connectivity index (χ4n) is 2.51. The van der Waals surface area contributed by atoms with Crippen LogP contribution < -0.4 is 25.4 Å². The van der Waals surface area contributed by atoms with E-state index < -0.39 is 11.7 Å². The van der Waals surface area contributed by atoms with Crippen LogP contribution in [0.3, 0.4) is 0 Å². The van der Waals surface area contributed by atoms with Crippen LogP contribution in [0.1, 0.15) is 39.7 Å². The molecule has 1 rings (SSSR count). The zero-order chi connectivity index (χ0) is 21.7. The number of methoxy groups -OCH3 is 2. The van der Waals surface area contributed by atoms with Crippen LogP contribution in [0, 0.1) is 0 Å². The summed E-state index contributed by atoms with van der Waals surface area (Å²) < 4.78 is 15.8. The molecule has 1 amide bonds. The molecule has 0 atom stereocenters. The number of hydrogen-bond donors (Lipinski definition) is 3. The van der Waals surface area contributed by atoms with Gasteiger partial charge in [0.15, 0.2) is 17.5 Å². The summed E-state index contributed by atoms with van der Waals surface area (Å²) in [6.07, 6.45) is 1.38. The number of ether oxygens (including phenoxy) is 3. The maximum Gasteiger partial charge on any atom is 0.407 e. The minimum atomic E-state index is -0.498. The first-order valence-electron chi connectivity index (χ1n) is 9.99. The molecular formula is C21H37IN4O4. The number of aliphatic imine (C=N–C) groups is 1. The van der Waals surface area contributed by atoms with Gasteiger partial charge in [-0.2, -0.15) is 0 Å². The normalized spacial score (nSPS) is 11.2. The van der Waals surface area contributed by atoms with Crippen molar-refractivity contribution in [1.29, 1.82) is 0 Å². The predicted molar refractivity (Wildman–Crippen MR) is 132 cm³/mol. The second kappa shape index (κ2) is 15.0. The molecule has 0 saturated carbocycles. The van der Waals surface area contributed by atoms with E-state index in [4.69, 9.17) is 14.2 Å². The molecule has 9 heteroatoms. The van der Waals surface area contributed by atoms with Crippen LogP contribution in [-0.4, -0.2) is 58.1 Å². The highest BCUT2D eigenvalue weighted by Crippen LogP contribution is 2.27. The molecule has 1 aromatic carbocycles. The number of carbonyl (C=O) groups excluding carboxylic acids is 1. The first-order chi connectivity index (χ1) is 13.8. The van der Waals surface area contributed by atoms with Crippen LogP contribution in [0.25, 0.3) is 0 Å². The Balaban J connectivity index is 0.00000841. The summed E-state index contributed by atoms with van der Waals surface area (Å²) in [5, 5.41) is 9.12. The maximum atomic E-state index is 11.6. The van der Waals surface area contributed by atoms with Crippen molar-refractivity contribution in [2.75, 3.05) is 40.4 Å². The zero-order valence-corrected chi connectivity index (χ0v) is 21.3. The number of halogens is 1. The van der Waals surface area contributed by atoms with Crippen molar-refractivity contribution in [1.82, 2.24) is 16.0 Å². The summed E-state index contributed by atoms with van der Waals surface area (Å²) in [4.78, 5) is 16.2. The molecule has 0 bridgehead atoms. The molecule has 0 radical (unpaired) electrons. The van der Waals surface area contributed by atoms with E-state index in [0.29, 0.717) is 19.6 Å². The molecule has 0 aromatic heterocycles. The zero-order valence-electron chi connectivity index (χ0n) is 19.0. The average Bonchev–Trinajstić information content (AvgIpc) is 2.66. The lowest BCUT2D eigenvalue weighted by Crippen LogP contribution is -2.42. The summed E-state index contributed by atoms with van der Waals surface area (Å²) in [6.45, 7) is 9.98. The smallest absolute Gasteiger partial charge is 0.407 e. The number of guanidine groups is 1. The fraction of sp³-hybridized carbons (Fsp3) is 0.619. The number of hydrogen-bond acceptors (Lipinski definition) is 5. The Morgan fingerprint density at radius 2 is 1.70 bits per heavy atom. The average molecular weight is 536 g/mol. The predicted octanol–water partition coefficient (Wildman–Crippen LogP) is 3.33. The molecule has 0 aliphatic carbocycles. The SMILES string of the molecule is CCNC(=NCCCc1ccc(OC)c(OC)c1)NCCNC(=O)OC(C)(C)C.I. The summed E-state index contributed by atoms with van der Waals surface area (Å²) in [6, 6.07) is 5.95. The van der Waals surface area contributed by atoms with Gasteiger partial charge in [0.2, 0.25) is 0 Å². The van der Waals surface area contributed by atoms with Gasteiger partial charge in [0, 0.05) is 26.2 Å². The third-order valence-electron chi connectivity index (χ3n) is 3.77. The van der Waals surface area contributed by atoms with E-state index in [1.54, 1.807) is 14.2 Å². The van der Waals surface area contributed by atoms with Gasteiger partial charge >= 0.3 is 6.09 Å². The Hall–Kier alpha value is -1.91. The van der Waals surface area contributed by atoms with Gasteiger partial charge in [-0.15, -0.1) is 24.0 Å². The van der Waals surface area contributed by atoms with Gasteiger partial charge in [-0.05, 0) is 58.2 Å². The highest BCUT2D eigenvalue weighted by molar-refractivity contribution is 14.0. The lowest BCUT2D eigenvalue weighted by Gasteiger charge is -2.19. The van der Waals surface area contributed by atoms with E-state index in [1.807, 2.05) is 45.9 Å². The van der Waals surface area contributed by atoms with Crippen LogP contribution in [0.5, 0.6) is 11.5 Å².